The lowest BCUT2D eigenvalue weighted by molar-refractivity contribution is 0.113. The predicted octanol–water partition coefficient (Wildman–Crippen LogP) is 2.25. The number of fused-ring (bicyclic) bond motifs is 2. The molecule has 2 aliphatic rings. The second-order valence-electron chi connectivity index (χ2n) is 5.75. The number of terminal acetylenes is 1. The van der Waals surface area contributed by atoms with Crippen LogP contribution in [0.1, 0.15) is 45.4 Å². The van der Waals surface area contributed by atoms with Gasteiger partial charge >= 0.3 is 0 Å². The van der Waals surface area contributed by atoms with E-state index in [-0.39, 0.29) is 0 Å². The first-order chi connectivity index (χ1) is 8.26. The smallest absolute Gasteiger partial charge is 0.0243 e. The molecule has 0 aromatic carbocycles. The van der Waals surface area contributed by atoms with Crippen molar-refractivity contribution in [1.82, 2.24) is 10.2 Å². The fraction of sp³-hybridized carbons (Fsp3) is 0.867. The first-order valence-corrected chi connectivity index (χ1v) is 7.15. The first kappa shape index (κ1) is 12.9. The Hall–Kier alpha value is -0.520. The van der Waals surface area contributed by atoms with Gasteiger partial charge in [0.05, 0.1) is 0 Å². The maximum absolute atomic E-state index is 5.52. The average molecular weight is 234 g/mol. The Balaban J connectivity index is 1.93. The van der Waals surface area contributed by atoms with E-state index in [2.05, 4.69) is 30.1 Å². The van der Waals surface area contributed by atoms with E-state index in [1.165, 1.54) is 32.1 Å². The van der Waals surface area contributed by atoms with Gasteiger partial charge in [0.1, 0.15) is 0 Å². The third-order valence-corrected chi connectivity index (χ3v) is 4.70. The van der Waals surface area contributed by atoms with Crippen molar-refractivity contribution >= 4 is 0 Å². The molecule has 96 valence electrons. The number of piperidine rings is 1. The molecule has 0 radical (unpaired) electrons. The maximum Gasteiger partial charge on any atom is 0.0243 e. The molecule has 0 aliphatic carbocycles. The van der Waals surface area contributed by atoms with Crippen LogP contribution in [0.3, 0.4) is 0 Å². The van der Waals surface area contributed by atoms with Crippen LogP contribution < -0.4 is 5.32 Å². The number of hydrogen-bond acceptors (Lipinski definition) is 2. The van der Waals surface area contributed by atoms with E-state index in [0.717, 1.165) is 31.0 Å². The van der Waals surface area contributed by atoms with Gasteiger partial charge in [0.25, 0.3) is 0 Å². The molecule has 0 spiro atoms. The summed E-state index contributed by atoms with van der Waals surface area (Å²) >= 11 is 0. The zero-order valence-corrected chi connectivity index (χ0v) is 11.3. The van der Waals surface area contributed by atoms with Gasteiger partial charge in [-0.15, -0.1) is 12.3 Å². The normalized spacial score (nSPS) is 34.5. The van der Waals surface area contributed by atoms with E-state index in [1.54, 1.807) is 0 Å². The topological polar surface area (TPSA) is 15.3 Å². The highest BCUT2D eigenvalue weighted by atomic mass is 15.2. The molecule has 2 fully saturated rings. The van der Waals surface area contributed by atoms with Gasteiger partial charge in [-0.05, 0) is 51.6 Å². The summed E-state index contributed by atoms with van der Waals surface area (Å²) in [4.78, 5) is 2.60. The first-order valence-electron chi connectivity index (χ1n) is 7.15. The van der Waals surface area contributed by atoms with Gasteiger partial charge in [-0.3, -0.25) is 0 Å². The number of hydrogen-bond donors (Lipinski definition) is 1. The fourth-order valence-electron chi connectivity index (χ4n) is 3.64. The maximum atomic E-state index is 5.52. The molecule has 3 unspecified atom stereocenters. The van der Waals surface area contributed by atoms with Gasteiger partial charge in [0, 0.05) is 24.5 Å². The van der Waals surface area contributed by atoms with Crippen LogP contribution in [0, 0.1) is 18.3 Å². The molecular weight excluding hydrogens is 208 g/mol. The Morgan fingerprint density at radius 1 is 1.35 bits per heavy atom. The van der Waals surface area contributed by atoms with Crippen LogP contribution in [0.25, 0.3) is 0 Å². The molecule has 2 saturated heterocycles. The second-order valence-corrected chi connectivity index (χ2v) is 5.75. The molecule has 2 nitrogen and oxygen atoms in total. The summed E-state index contributed by atoms with van der Waals surface area (Å²) in [6.07, 6.45) is 13.1. The van der Waals surface area contributed by atoms with E-state index in [4.69, 9.17) is 6.42 Å². The molecule has 1 N–H and O–H groups in total. The van der Waals surface area contributed by atoms with Gasteiger partial charge < -0.3 is 10.2 Å². The van der Waals surface area contributed by atoms with Crippen LogP contribution >= 0.6 is 0 Å². The largest absolute Gasteiger partial charge is 0.313 e. The van der Waals surface area contributed by atoms with Gasteiger partial charge in [-0.25, -0.2) is 0 Å². The summed E-state index contributed by atoms with van der Waals surface area (Å²) in [6.45, 7) is 3.33. The van der Waals surface area contributed by atoms with Crippen molar-refractivity contribution in [2.24, 2.45) is 5.92 Å². The van der Waals surface area contributed by atoms with Gasteiger partial charge in [0.2, 0.25) is 0 Å². The fourth-order valence-corrected chi connectivity index (χ4v) is 3.64. The van der Waals surface area contributed by atoms with Crippen molar-refractivity contribution in [3.8, 4) is 12.3 Å². The third kappa shape index (κ3) is 2.84. The molecule has 2 heteroatoms. The Bertz CT molecular complexity index is 267. The van der Waals surface area contributed by atoms with E-state index in [9.17, 15) is 0 Å². The minimum Gasteiger partial charge on any atom is -0.313 e. The molecule has 2 rings (SSSR count). The van der Waals surface area contributed by atoms with Gasteiger partial charge in [-0.2, -0.15) is 0 Å². The summed E-state index contributed by atoms with van der Waals surface area (Å²) in [7, 11) is 2.30. The zero-order valence-electron chi connectivity index (χ0n) is 11.3. The Labute approximate surface area is 106 Å². The van der Waals surface area contributed by atoms with Crippen LogP contribution in [-0.2, 0) is 0 Å². The lowest BCUT2D eigenvalue weighted by atomic mass is 9.84. The molecule has 0 aromatic rings. The molecule has 3 atom stereocenters. The number of nitrogens with one attached hydrogen (secondary N) is 1. The van der Waals surface area contributed by atoms with E-state index < -0.39 is 0 Å². The zero-order chi connectivity index (χ0) is 12.3. The van der Waals surface area contributed by atoms with E-state index in [1.807, 2.05) is 0 Å². The highest BCUT2D eigenvalue weighted by molar-refractivity contribution is 5.00. The highest BCUT2D eigenvalue weighted by Gasteiger charge is 2.40. The minimum atomic E-state index is 0.553. The molecule has 2 heterocycles. The van der Waals surface area contributed by atoms with Crippen molar-refractivity contribution in [1.29, 1.82) is 0 Å². The summed E-state index contributed by atoms with van der Waals surface area (Å²) in [5.74, 6) is 3.66. The Morgan fingerprint density at radius 3 is 2.53 bits per heavy atom. The Kier molecular flexibility index (Phi) is 4.48. The van der Waals surface area contributed by atoms with Gasteiger partial charge in [-0.1, -0.05) is 6.92 Å². The summed E-state index contributed by atoms with van der Waals surface area (Å²) in [5.41, 5.74) is 0. The standard InChI is InChI=1S/C15H26N2/c1-4-6-15(16-9-5-2)12-10-13-7-8-14(11-12)17(13)3/h1,12-16H,5-11H2,2-3H3. The summed E-state index contributed by atoms with van der Waals surface area (Å²) in [6, 6.07) is 2.20. The Morgan fingerprint density at radius 2 is 2.00 bits per heavy atom. The van der Waals surface area contributed by atoms with Crippen LogP contribution in [0.4, 0.5) is 0 Å². The average Bonchev–Trinajstić information content (AvgIpc) is 2.56. The lowest BCUT2D eigenvalue weighted by Crippen LogP contribution is -2.47. The van der Waals surface area contributed by atoms with Crippen LogP contribution in [-0.4, -0.2) is 36.6 Å². The lowest BCUT2D eigenvalue weighted by Gasteiger charge is -2.39. The molecular formula is C15H26N2. The predicted molar refractivity (Wildman–Crippen MR) is 72.8 cm³/mol. The molecule has 0 saturated carbocycles. The van der Waals surface area contributed by atoms with Gasteiger partial charge in [0.15, 0.2) is 0 Å². The van der Waals surface area contributed by atoms with Crippen molar-refractivity contribution < 1.29 is 0 Å². The SMILES string of the molecule is C#CCC(NCCC)C1CC2CCC(C1)N2C. The molecule has 2 aliphatic heterocycles. The summed E-state index contributed by atoms with van der Waals surface area (Å²) in [5, 5.41) is 3.66. The van der Waals surface area contributed by atoms with Crippen LogP contribution in [0.2, 0.25) is 0 Å². The van der Waals surface area contributed by atoms with Crippen molar-refractivity contribution in [2.45, 2.75) is 63.6 Å². The minimum absolute atomic E-state index is 0.553. The monoisotopic (exact) mass is 234 g/mol. The second kappa shape index (κ2) is 5.89. The molecule has 0 amide bonds. The number of nitrogens with zero attached hydrogens (tertiary/aromatic N) is 1. The van der Waals surface area contributed by atoms with E-state index >= 15 is 0 Å². The molecule has 0 aromatic heterocycles. The quantitative estimate of drug-likeness (QED) is 0.734. The summed E-state index contributed by atoms with van der Waals surface area (Å²) < 4.78 is 0. The number of rotatable bonds is 5. The van der Waals surface area contributed by atoms with Crippen LogP contribution in [0.5, 0.6) is 0 Å². The van der Waals surface area contributed by atoms with Crippen molar-refractivity contribution in [3.05, 3.63) is 0 Å². The molecule has 17 heavy (non-hydrogen) atoms. The van der Waals surface area contributed by atoms with Crippen LogP contribution in [0.15, 0.2) is 0 Å². The van der Waals surface area contributed by atoms with E-state index in [0.29, 0.717) is 6.04 Å². The van der Waals surface area contributed by atoms with Crippen molar-refractivity contribution in [2.75, 3.05) is 13.6 Å². The molecule has 2 bridgehead atoms. The highest BCUT2D eigenvalue weighted by Crippen LogP contribution is 2.39. The van der Waals surface area contributed by atoms with Crippen molar-refractivity contribution in [3.63, 3.8) is 0 Å². The third-order valence-electron chi connectivity index (χ3n) is 4.70.